The maximum absolute atomic E-state index is 11.8. The minimum atomic E-state index is -0.889. The first-order chi connectivity index (χ1) is 8.18. The van der Waals surface area contributed by atoms with Gasteiger partial charge in [-0.2, -0.15) is 0 Å². The summed E-state index contributed by atoms with van der Waals surface area (Å²) in [7, 11) is 0. The van der Waals surface area contributed by atoms with Crippen molar-refractivity contribution in [1.82, 2.24) is 10.3 Å². The summed E-state index contributed by atoms with van der Waals surface area (Å²) in [6.07, 6.45) is 1.41. The second-order valence-corrected chi connectivity index (χ2v) is 5.01. The molecule has 0 radical (unpaired) electrons. The Labute approximate surface area is 104 Å². The maximum atomic E-state index is 11.8. The van der Waals surface area contributed by atoms with Crippen LogP contribution in [0.5, 0.6) is 0 Å². The molecule has 0 saturated heterocycles. The van der Waals surface area contributed by atoms with Crippen molar-refractivity contribution in [2.24, 2.45) is 0 Å². The molecule has 0 unspecified atom stereocenters. The van der Waals surface area contributed by atoms with Crippen molar-refractivity contribution in [3.63, 3.8) is 0 Å². The minimum absolute atomic E-state index is 0.288. The molecule has 94 valence electrons. The summed E-state index contributed by atoms with van der Waals surface area (Å²) in [6.45, 7) is 0. The number of rotatable bonds is 2. The van der Waals surface area contributed by atoms with Gasteiger partial charge in [0.25, 0.3) is 5.91 Å². The van der Waals surface area contributed by atoms with Crippen LogP contribution < -0.4 is 5.32 Å². The molecule has 1 saturated carbocycles. The van der Waals surface area contributed by atoms with Crippen LogP contribution in [0, 0.1) is 0 Å². The molecule has 3 atom stereocenters. The number of nitrogens with one attached hydrogen (secondary N) is 1. The van der Waals surface area contributed by atoms with Crippen molar-refractivity contribution < 1.29 is 15.0 Å². The summed E-state index contributed by atoms with van der Waals surface area (Å²) in [5, 5.41) is 23.9. The standard InChI is InChI=1S/C11H16N2O3S/c14-9-4-2-1-3-7(10(9)15)13-11(16)8-5-17-6-12-8/h5-7,9-10,14-15H,1-4H2,(H,13,16)/t7-,9-,10-/m1/s1. The van der Waals surface area contributed by atoms with E-state index in [4.69, 9.17) is 0 Å². The van der Waals surface area contributed by atoms with Gasteiger partial charge >= 0.3 is 0 Å². The fraction of sp³-hybridized carbons (Fsp3) is 0.636. The summed E-state index contributed by atoms with van der Waals surface area (Å²) in [6, 6.07) is -0.387. The molecule has 0 aromatic carbocycles. The zero-order valence-corrected chi connectivity index (χ0v) is 10.2. The highest BCUT2D eigenvalue weighted by molar-refractivity contribution is 7.07. The van der Waals surface area contributed by atoms with Crippen molar-refractivity contribution in [2.75, 3.05) is 0 Å². The van der Waals surface area contributed by atoms with E-state index in [2.05, 4.69) is 10.3 Å². The Hall–Kier alpha value is -0.980. The second-order valence-electron chi connectivity index (χ2n) is 4.30. The fourth-order valence-electron chi connectivity index (χ4n) is 2.05. The lowest BCUT2D eigenvalue weighted by Gasteiger charge is -2.24. The van der Waals surface area contributed by atoms with Crippen LogP contribution in [0.2, 0.25) is 0 Å². The van der Waals surface area contributed by atoms with E-state index in [1.165, 1.54) is 11.3 Å². The van der Waals surface area contributed by atoms with Crippen LogP contribution in [0.4, 0.5) is 0 Å². The first-order valence-electron chi connectivity index (χ1n) is 5.73. The Bertz CT molecular complexity index is 369. The Kier molecular flexibility index (Phi) is 4.09. The predicted octanol–water partition coefficient (Wildman–Crippen LogP) is 0.537. The second kappa shape index (κ2) is 5.57. The third-order valence-electron chi connectivity index (χ3n) is 3.05. The van der Waals surface area contributed by atoms with Gasteiger partial charge in [-0.3, -0.25) is 4.79 Å². The van der Waals surface area contributed by atoms with Crippen LogP contribution in [0.15, 0.2) is 10.9 Å². The molecule has 1 aliphatic rings. The Morgan fingerprint density at radius 2 is 2.18 bits per heavy atom. The molecular weight excluding hydrogens is 240 g/mol. The molecule has 0 aliphatic heterocycles. The molecule has 0 spiro atoms. The molecule has 1 fully saturated rings. The van der Waals surface area contributed by atoms with E-state index >= 15 is 0 Å². The van der Waals surface area contributed by atoms with Gasteiger partial charge in [0, 0.05) is 5.38 Å². The van der Waals surface area contributed by atoms with Crippen molar-refractivity contribution >= 4 is 17.2 Å². The predicted molar refractivity (Wildman–Crippen MR) is 63.8 cm³/mol. The Morgan fingerprint density at radius 1 is 1.41 bits per heavy atom. The van der Waals surface area contributed by atoms with Crippen LogP contribution in [-0.4, -0.2) is 39.4 Å². The lowest BCUT2D eigenvalue weighted by Crippen LogP contribution is -2.47. The van der Waals surface area contributed by atoms with Crippen molar-refractivity contribution in [3.8, 4) is 0 Å². The van der Waals surface area contributed by atoms with Crippen LogP contribution in [-0.2, 0) is 0 Å². The Balaban J connectivity index is 1.99. The van der Waals surface area contributed by atoms with Gasteiger partial charge in [-0.1, -0.05) is 12.8 Å². The third-order valence-corrected chi connectivity index (χ3v) is 3.64. The summed E-state index contributed by atoms with van der Waals surface area (Å²) in [4.78, 5) is 15.7. The van der Waals surface area contributed by atoms with Gasteiger partial charge in [-0.25, -0.2) is 4.98 Å². The van der Waals surface area contributed by atoms with Crippen LogP contribution >= 0.6 is 11.3 Å². The third kappa shape index (κ3) is 3.02. The first-order valence-corrected chi connectivity index (χ1v) is 6.68. The number of nitrogens with zero attached hydrogens (tertiary/aromatic N) is 1. The number of carbonyl (C=O) groups excluding carboxylic acids is 1. The topological polar surface area (TPSA) is 82.5 Å². The zero-order valence-electron chi connectivity index (χ0n) is 9.37. The van der Waals surface area contributed by atoms with E-state index < -0.39 is 12.2 Å². The molecule has 1 heterocycles. The van der Waals surface area contributed by atoms with Crippen LogP contribution in [0.25, 0.3) is 0 Å². The fourth-order valence-corrected chi connectivity index (χ4v) is 2.58. The molecule has 1 aromatic rings. The van der Waals surface area contributed by atoms with E-state index in [9.17, 15) is 15.0 Å². The number of amides is 1. The maximum Gasteiger partial charge on any atom is 0.271 e. The lowest BCUT2D eigenvalue weighted by atomic mass is 10.0. The molecule has 1 aliphatic carbocycles. The lowest BCUT2D eigenvalue weighted by molar-refractivity contribution is -0.00128. The highest BCUT2D eigenvalue weighted by Crippen LogP contribution is 2.19. The average molecular weight is 256 g/mol. The average Bonchev–Trinajstić information content (AvgIpc) is 2.80. The van der Waals surface area contributed by atoms with Gasteiger partial charge < -0.3 is 15.5 Å². The molecule has 5 nitrogen and oxygen atoms in total. The molecule has 2 rings (SSSR count). The van der Waals surface area contributed by atoms with E-state index in [-0.39, 0.29) is 11.9 Å². The minimum Gasteiger partial charge on any atom is -0.390 e. The van der Waals surface area contributed by atoms with E-state index in [0.29, 0.717) is 18.5 Å². The molecule has 3 N–H and O–H groups in total. The monoisotopic (exact) mass is 256 g/mol. The van der Waals surface area contributed by atoms with Crippen molar-refractivity contribution in [2.45, 2.75) is 43.9 Å². The van der Waals surface area contributed by atoms with E-state index in [1.807, 2.05) is 0 Å². The smallest absolute Gasteiger partial charge is 0.271 e. The number of aliphatic hydroxyl groups is 2. The van der Waals surface area contributed by atoms with Gasteiger partial charge in [0.05, 0.1) is 23.8 Å². The molecular formula is C11H16N2O3S. The summed E-state index contributed by atoms with van der Waals surface area (Å²) in [5.41, 5.74) is 1.95. The molecule has 1 amide bonds. The normalized spacial score (nSPS) is 29.6. The molecule has 1 aromatic heterocycles. The van der Waals surface area contributed by atoms with Gasteiger partial charge in [0.1, 0.15) is 5.69 Å². The van der Waals surface area contributed by atoms with E-state index in [1.54, 1.807) is 10.9 Å². The number of hydrogen-bond acceptors (Lipinski definition) is 5. The van der Waals surface area contributed by atoms with Gasteiger partial charge in [-0.15, -0.1) is 11.3 Å². The number of thiazole rings is 1. The molecule has 6 heteroatoms. The van der Waals surface area contributed by atoms with Crippen molar-refractivity contribution in [3.05, 3.63) is 16.6 Å². The molecule has 0 bridgehead atoms. The zero-order chi connectivity index (χ0) is 12.3. The number of aliphatic hydroxyl groups excluding tert-OH is 2. The molecule has 17 heavy (non-hydrogen) atoms. The Morgan fingerprint density at radius 3 is 2.88 bits per heavy atom. The van der Waals surface area contributed by atoms with Gasteiger partial charge in [0.2, 0.25) is 0 Å². The summed E-state index contributed by atoms with van der Waals surface area (Å²) in [5.74, 6) is -0.288. The van der Waals surface area contributed by atoms with Gasteiger partial charge in [-0.05, 0) is 12.8 Å². The largest absolute Gasteiger partial charge is 0.390 e. The number of carbonyl (C=O) groups is 1. The van der Waals surface area contributed by atoms with Crippen molar-refractivity contribution in [1.29, 1.82) is 0 Å². The number of aromatic nitrogens is 1. The van der Waals surface area contributed by atoms with Crippen LogP contribution in [0.3, 0.4) is 0 Å². The summed E-state index contributed by atoms with van der Waals surface area (Å²) >= 11 is 1.35. The van der Waals surface area contributed by atoms with Crippen LogP contribution in [0.1, 0.15) is 36.2 Å². The summed E-state index contributed by atoms with van der Waals surface area (Å²) < 4.78 is 0. The highest BCUT2D eigenvalue weighted by Gasteiger charge is 2.30. The first kappa shape index (κ1) is 12.5. The van der Waals surface area contributed by atoms with E-state index in [0.717, 1.165) is 12.8 Å². The van der Waals surface area contributed by atoms with Gasteiger partial charge in [0.15, 0.2) is 0 Å². The quantitative estimate of drug-likeness (QED) is 0.674. The highest BCUT2D eigenvalue weighted by atomic mass is 32.1. The number of hydrogen-bond donors (Lipinski definition) is 3. The SMILES string of the molecule is O=C(N[C@@H]1CCCC[C@@H](O)[C@@H]1O)c1cscn1.